The third-order valence-electron chi connectivity index (χ3n) is 4.98. The fourth-order valence-corrected chi connectivity index (χ4v) is 4.32. The van der Waals surface area contributed by atoms with Gasteiger partial charge in [-0.05, 0) is 43.9 Å². The quantitative estimate of drug-likeness (QED) is 0.810. The van der Waals surface area contributed by atoms with E-state index in [1.165, 1.54) is 32.2 Å². The third kappa shape index (κ3) is 2.51. The van der Waals surface area contributed by atoms with E-state index in [-0.39, 0.29) is 18.8 Å². The van der Waals surface area contributed by atoms with E-state index in [2.05, 4.69) is 11.8 Å². The number of rotatable bonds is 3. The fourth-order valence-electron chi connectivity index (χ4n) is 4.32. The minimum absolute atomic E-state index is 0.0392. The number of hydrogen-bond donors (Lipinski definition) is 1. The Morgan fingerprint density at radius 2 is 2.12 bits per heavy atom. The lowest BCUT2D eigenvalue weighted by Crippen LogP contribution is -2.49. The molecule has 3 fully saturated rings. The maximum Gasteiger partial charge on any atom is 0.0936 e. The summed E-state index contributed by atoms with van der Waals surface area (Å²) >= 11 is 0. The molecule has 1 aliphatic heterocycles. The second-order valence-corrected chi connectivity index (χ2v) is 6.40. The zero-order valence-electron chi connectivity index (χ0n) is 10.8. The summed E-state index contributed by atoms with van der Waals surface area (Å²) in [5, 5.41) is 9.24. The molecule has 3 nitrogen and oxygen atoms in total. The average molecular weight is 239 g/mol. The molecule has 1 N–H and O–H groups in total. The largest absolute Gasteiger partial charge is 0.394 e. The molecule has 3 aliphatic rings. The van der Waals surface area contributed by atoms with Crippen molar-refractivity contribution in [2.24, 2.45) is 17.8 Å². The molecule has 17 heavy (non-hydrogen) atoms. The van der Waals surface area contributed by atoms with Gasteiger partial charge in [0.1, 0.15) is 0 Å². The zero-order valence-corrected chi connectivity index (χ0v) is 10.8. The molecule has 5 unspecified atom stereocenters. The van der Waals surface area contributed by atoms with Crippen LogP contribution in [-0.4, -0.2) is 48.5 Å². The van der Waals surface area contributed by atoms with E-state index in [1.54, 1.807) is 0 Å². The maximum absolute atomic E-state index is 9.24. The van der Waals surface area contributed by atoms with Crippen molar-refractivity contribution in [1.29, 1.82) is 0 Å². The Bertz CT molecular complexity index is 271. The highest BCUT2D eigenvalue weighted by atomic mass is 16.5. The average Bonchev–Trinajstić information content (AvgIpc) is 2.90. The molecular formula is C14H25NO2. The highest BCUT2D eigenvalue weighted by Gasteiger charge is 2.40. The normalized spacial score (nSPS) is 46.6. The molecular weight excluding hydrogens is 214 g/mol. The molecule has 0 radical (unpaired) electrons. The molecule has 3 heteroatoms. The predicted molar refractivity (Wildman–Crippen MR) is 66.8 cm³/mol. The summed E-state index contributed by atoms with van der Waals surface area (Å²) in [5.74, 6) is 2.97. The van der Waals surface area contributed by atoms with Crippen molar-refractivity contribution >= 4 is 0 Å². The molecule has 0 aromatic heterocycles. The first-order valence-electron chi connectivity index (χ1n) is 7.23. The summed E-state index contributed by atoms with van der Waals surface area (Å²) in [4.78, 5) is 2.53. The van der Waals surface area contributed by atoms with Crippen LogP contribution >= 0.6 is 0 Å². The van der Waals surface area contributed by atoms with Gasteiger partial charge in [0, 0.05) is 19.6 Å². The van der Waals surface area contributed by atoms with Crippen molar-refractivity contribution < 1.29 is 9.84 Å². The predicted octanol–water partition coefficient (Wildman–Crippen LogP) is 1.50. The number of ether oxygens (including phenoxy) is 1. The molecule has 98 valence electrons. The molecule has 3 rings (SSSR count). The maximum atomic E-state index is 9.24. The molecule has 2 bridgehead atoms. The summed E-state index contributed by atoms with van der Waals surface area (Å²) in [7, 11) is 0. The van der Waals surface area contributed by atoms with Crippen molar-refractivity contribution in [2.45, 2.75) is 44.8 Å². The second kappa shape index (κ2) is 4.87. The van der Waals surface area contributed by atoms with Crippen molar-refractivity contribution in [3.8, 4) is 0 Å². The molecule has 2 saturated carbocycles. The molecule has 1 saturated heterocycles. The van der Waals surface area contributed by atoms with Crippen LogP contribution in [0.15, 0.2) is 0 Å². The van der Waals surface area contributed by atoms with Gasteiger partial charge in [-0.1, -0.05) is 6.42 Å². The lowest BCUT2D eigenvalue weighted by Gasteiger charge is -2.38. The van der Waals surface area contributed by atoms with Crippen LogP contribution in [0.4, 0.5) is 0 Å². The van der Waals surface area contributed by atoms with Gasteiger partial charge < -0.3 is 9.84 Å². The molecule has 0 aromatic carbocycles. The zero-order chi connectivity index (χ0) is 11.8. The number of nitrogens with zero attached hydrogens (tertiary/aromatic N) is 1. The monoisotopic (exact) mass is 239 g/mol. The minimum Gasteiger partial charge on any atom is -0.394 e. The van der Waals surface area contributed by atoms with Gasteiger partial charge in [-0.15, -0.1) is 0 Å². The summed E-state index contributed by atoms with van der Waals surface area (Å²) in [6.07, 6.45) is 6.23. The van der Waals surface area contributed by atoms with E-state index in [0.717, 1.165) is 30.8 Å². The van der Waals surface area contributed by atoms with Crippen molar-refractivity contribution in [3.05, 3.63) is 0 Å². The van der Waals surface area contributed by atoms with Gasteiger partial charge in [0.05, 0.1) is 18.8 Å². The lowest BCUT2D eigenvalue weighted by atomic mass is 9.88. The lowest BCUT2D eigenvalue weighted by molar-refractivity contribution is -0.0990. The molecule has 0 aromatic rings. The van der Waals surface area contributed by atoms with Crippen molar-refractivity contribution in [2.75, 3.05) is 26.2 Å². The summed E-state index contributed by atoms with van der Waals surface area (Å²) < 4.78 is 5.70. The van der Waals surface area contributed by atoms with Crippen LogP contribution in [0, 0.1) is 17.8 Å². The highest BCUT2D eigenvalue weighted by Crippen LogP contribution is 2.48. The molecule has 0 amide bonds. The third-order valence-corrected chi connectivity index (χ3v) is 4.98. The SMILES string of the molecule is CC1CN(CC2CC3CCC2C3)CC(CO)O1. The van der Waals surface area contributed by atoms with E-state index in [9.17, 15) is 5.11 Å². The van der Waals surface area contributed by atoms with E-state index in [0.29, 0.717) is 0 Å². The van der Waals surface area contributed by atoms with E-state index < -0.39 is 0 Å². The first-order chi connectivity index (χ1) is 8.24. The molecule has 5 atom stereocenters. The Morgan fingerprint density at radius 1 is 1.24 bits per heavy atom. The van der Waals surface area contributed by atoms with Crippen molar-refractivity contribution in [1.82, 2.24) is 4.90 Å². The molecule has 2 aliphatic carbocycles. The topological polar surface area (TPSA) is 32.7 Å². The van der Waals surface area contributed by atoms with Gasteiger partial charge in [0.15, 0.2) is 0 Å². The number of aliphatic hydroxyl groups is 1. The van der Waals surface area contributed by atoms with Gasteiger partial charge in [-0.2, -0.15) is 0 Å². The summed E-state index contributed by atoms with van der Waals surface area (Å²) in [6, 6.07) is 0. The van der Waals surface area contributed by atoms with Crippen LogP contribution in [-0.2, 0) is 4.74 Å². The summed E-state index contributed by atoms with van der Waals surface area (Å²) in [5.41, 5.74) is 0. The van der Waals surface area contributed by atoms with E-state index in [4.69, 9.17) is 4.74 Å². The van der Waals surface area contributed by atoms with Crippen LogP contribution in [0.5, 0.6) is 0 Å². The van der Waals surface area contributed by atoms with Gasteiger partial charge in [-0.25, -0.2) is 0 Å². The minimum atomic E-state index is 0.0392. The standard InChI is InChI=1S/C14H25NO2/c1-10-6-15(8-14(9-16)17-10)7-13-5-11-2-3-12(13)4-11/h10-14,16H,2-9H2,1H3. The van der Waals surface area contributed by atoms with E-state index >= 15 is 0 Å². The number of hydrogen-bond acceptors (Lipinski definition) is 3. The van der Waals surface area contributed by atoms with Gasteiger partial charge in [0.2, 0.25) is 0 Å². The van der Waals surface area contributed by atoms with Crippen LogP contribution < -0.4 is 0 Å². The van der Waals surface area contributed by atoms with E-state index in [1.807, 2.05) is 0 Å². The van der Waals surface area contributed by atoms with Gasteiger partial charge in [-0.3, -0.25) is 4.90 Å². The fraction of sp³-hybridized carbons (Fsp3) is 1.00. The number of fused-ring (bicyclic) bond motifs is 2. The van der Waals surface area contributed by atoms with Crippen LogP contribution in [0.3, 0.4) is 0 Å². The number of aliphatic hydroxyl groups excluding tert-OH is 1. The Balaban J connectivity index is 1.54. The summed E-state index contributed by atoms with van der Waals surface area (Å²) in [6.45, 7) is 5.50. The van der Waals surface area contributed by atoms with Gasteiger partial charge in [0.25, 0.3) is 0 Å². The first kappa shape index (κ1) is 11.9. The number of morpholine rings is 1. The van der Waals surface area contributed by atoms with Crippen LogP contribution in [0.25, 0.3) is 0 Å². The Hall–Kier alpha value is -0.120. The first-order valence-corrected chi connectivity index (χ1v) is 7.23. The second-order valence-electron chi connectivity index (χ2n) is 6.40. The van der Waals surface area contributed by atoms with Crippen LogP contribution in [0.1, 0.15) is 32.6 Å². The van der Waals surface area contributed by atoms with Crippen molar-refractivity contribution in [3.63, 3.8) is 0 Å². The smallest absolute Gasteiger partial charge is 0.0936 e. The Kier molecular flexibility index (Phi) is 3.42. The molecule has 0 spiro atoms. The Morgan fingerprint density at radius 3 is 2.76 bits per heavy atom. The van der Waals surface area contributed by atoms with Gasteiger partial charge >= 0.3 is 0 Å². The van der Waals surface area contributed by atoms with Crippen LogP contribution in [0.2, 0.25) is 0 Å². The highest BCUT2D eigenvalue weighted by molar-refractivity contribution is 4.92. The Labute approximate surface area is 104 Å². The molecule has 1 heterocycles.